The molecule has 0 unspecified atom stereocenters. The number of fused-ring (bicyclic) bond motifs is 1. The number of rotatable bonds is 8. The van der Waals surface area contributed by atoms with Gasteiger partial charge in [0.1, 0.15) is 10.9 Å². The fraction of sp³-hybridized carbons (Fsp3) is 0.346. The van der Waals surface area contributed by atoms with E-state index in [0.717, 1.165) is 33.7 Å². The second kappa shape index (κ2) is 10.5. The second-order valence-electron chi connectivity index (χ2n) is 8.86. The van der Waals surface area contributed by atoms with Crippen molar-refractivity contribution in [3.8, 4) is 0 Å². The molecule has 1 aromatic carbocycles. The smallest absolute Gasteiger partial charge is 0.266 e. The average molecular weight is 510 g/mol. The van der Waals surface area contributed by atoms with Crippen LogP contribution in [0.25, 0.3) is 17.0 Å². The van der Waals surface area contributed by atoms with Crippen LogP contribution >= 0.6 is 35.3 Å². The highest BCUT2D eigenvalue weighted by atomic mass is 32.2. The first kappa shape index (κ1) is 23.3. The molecule has 0 spiro atoms. The number of nitrogens with one attached hydrogen (secondary N) is 1. The van der Waals surface area contributed by atoms with E-state index in [9.17, 15) is 9.59 Å². The Hall–Kier alpha value is -2.42. The number of thioether (sulfide) groups is 1. The van der Waals surface area contributed by atoms with Crippen LogP contribution in [0.4, 0.5) is 0 Å². The minimum absolute atomic E-state index is 0.00137. The number of hydrogen-bond acceptors (Lipinski definition) is 5. The fourth-order valence-electron chi connectivity index (χ4n) is 4.78. The van der Waals surface area contributed by atoms with Gasteiger partial charge in [-0.3, -0.25) is 14.5 Å². The van der Waals surface area contributed by atoms with Crippen LogP contribution in [0, 0.1) is 5.92 Å². The van der Waals surface area contributed by atoms with Crippen LogP contribution in [-0.4, -0.2) is 32.1 Å². The quantitative estimate of drug-likeness (QED) is 0.308. The van der Waals surface area contributed by atoms with E-state index in [2.05, 4.69) is 5.32 Å². The Morgan fingerprint density at radius 1 is 1.18 bits per heavy atom. The number of nitrogens with zero attached hydrogens (tertiary/aromatic N) is 2. The molecular formula is C26H27N3O2S3. The number of hydrogen-bond donors (Lipinski definition) is 1. The van der Waals surface area contributed by atoms with Gasteiger partial charge in [-0.25, -0.2) is 0 Å². The van der Waals surface area contributed by atoms with Gasteiger partial charge >= 0.3 is 0 Å². The zero-order valence-electron chi connectivity index (χ0n) is 18.9. The third-order valence-corrected chi connectivity index (χ3v) is 8.82. The highest BCUT2D eigenvalue weighted by Gasteiger charge is 2.32. The molecule has 1 aliphatic heterocycles. The largest absolute Gasteiger partial charge is 0.350 e. The van der Waals surface area contributed by atoms with E-state index in [1.165, 1.54) is 37.4 Å². The number of carbonyl (C=O) groups excluding carboxylic acids is 2. The molecule has 2 aliphatic rings. The summed E-state index contributed by atoms with van der Waals surface area (Å²) in [5.41, 5.74) is 1.90. The zero-order chi connectivity index (χ0) is 23.5. The summed E-state index contributed by atoms with van der Waals surface area (Å²) < 4.78 is 2.59. The first-order valence-corrected chi connectivity index (χ1v) is 13.8. The first-order chi connectivity index (χ1) is 16.6. The molecular weight excluding hydrogens is 483 g/mol. The highest BCUT2D eigenvalue weighted by molar-refractivity contribution is 8.26. The second-order valence-corrected chi connectivity index (χ2v) is 11.6. The van der Waals surface area contributed by atoms with E-state index in [-0.39, 0.29) is 18.4 Å². The molecule has 0 bridgehead atoms. The lowest BCUT2D eigenvalue weighted by atomic mass is 10.0. The van der Waals surface area contributed by atoms with Crippen LogP contribution in [0.5, 0.6) is 0 Å². The zero-order valence-corrected chi connectivity index (χ0v) is 21.3. The van der Waals surface area contributed by atoms with Crippen molar-refractivity contribution >= 4 is 68.4 Å². The predicted octanol–water partition coefficient (Wildman–Crippen LogP) is 5.80. The van der Waals surface area contributed by atoms with Crippen LogP contribution in [0.15, 0.2) is 52.9 Å². The molecule has 5 nitrogen and oxygen atoms in total. The lowest BCUT2D eigenvalue weighted by Crippen LogP contribution is -2.30. The van der Waals surface area contributed by atoms with Crippen LogP contribution in [0.3, 0.4) is 0 Å². The maximum Gasteiger partial charge on any atom is 0.266 e. The molecule has 3 aromatic rings. The van der Waals surface area contributed by atoms with E-state index >= 15 is 0 Å². The van der Waals surface area contributed by atoms with E-state index in [1.54, 1.807) is 16.2 Å². The predicted molar refractivity (Wildman–Crippen MR) is 145 cm³/mol. The summed E-state index contributed by atoms with van der Waals surface area (Å²) in [6.45, 7) is 1.47. The average Bonchev–Trinajstić information content (AvgIpc) is 3.63. The van der Waals surface area contributed by atoms with Crippen molar-refractivity contribution in [2.24, 2.45) is 5.92 Å². The number of thiocarbonyl (C=S) groups is 1. The summed E-state index contributed by atoms with van der Waals surface area (Å²) in [5.74, 6) is 0.676. The lowest BCUT2D eigenvalue weighted by Gasteiger charge is -2.17. The normalized spacial score (nSPS) is 18.0. The van der Waals surface area contributed by atoms with Crippen molar-refractivity contribution in [3.63, 3.8) is 0 Å². The molecule has 2 aromatic heterocycles. The molecule has 0 atom stereocenters. The third-order valence-electron chi connectivity index (χ3n) is 6.57. The monoisotopic (exact) mass is 509 g/mol. The van der Waals surface area contributed by atoms with Gasteiger partial charge in [-0.1, -0.05) is 73.9 Å². The van der Waals surface area contributed by atoms with Gasteiger partial charge in [0.15, 0.2) is 0 Å². The summed E-state index contributed by atoms with van der Waals surface area (Å²) in [5, 5.41) is 6.01. The summed E-state index contributed by atoms with van der Waals surface area (Å²) in [6.07, 6.45) is 10.1. The fourth-order valence-corrected chi connectivity index (χ4v) is 6.72. The van der Waals surface area contributed by atoms with Gasteiger partial charge < -0.3 is 9.88 Å². The standard InChI is InChI=1S/C26H27N3O2S3/c30-24(27-15-20-8-5-13-33-20)17-28-16-19(21-9-3-4-10-22(21)28)14-23-25(31)29(26(32)34-23)12-11-18-6-1-2-7-18/h3-5,8-10,13-14,16,18H,1-2,6-7,11-12,15,17H2,(H,27,30)/b23-14-. The Morgan fingerprint density at radius 3 is 2.79 bits per heavy atom. The third kappa shape index (κ3) is 5.14. The SMILES string of the molecule is O=C(Cn1cc(/C=C2\SC(=S)N(CCC3CCCC3)C2=O)c2ccccc21)NCc1cccs1. The number of aromatic nitrogens is 1. The van der Waals surface area contributed by atoms with Gasteiger partial charge in [0, 0.05) is 34.1 Å². The first-order valence-electron chi connectivity index (χ1n) is 11.7. The van der Waals surface area contributed by atoms with Crippen LogP contribution in [0.1, 0.15) is 42.5 Å². The van der Waals surface area contributed by atoms with Crippen molar-refractivity contribution in [3.05, 3.63) is 63.3 Å². The van der Waals surface area contributed by atoms with Gasteiger partial charge in [-0.15, -0.1) is 11.3 Å². The minimum Gasteiger partial charge on any atom is -0.350 e. The van der Waals surface area contributed by atoms with Gasteiger partial charge in [-0.2, -0.15) is 0 Å². The Morgan fingerprint density at radius 2 is 2.00 bits per heavy atom. The number of amides is 2. The molecule has 1 saturated carbocycles. The Kier molecular flexibility index (Phi) is 7.18. The summed E-state index contributed by atoms with van der Waals surface area (Å²) in [6, 6.07) is 12.0. The highest BCUT2D eigenvalue weighted by Crippen LogP contribution is 2.36. The molecule has 3 heterocycles. The van der Waals surface area contributed by atoms with E-state index in [0.29, 0.717) is 22.3 Å². The molecule has 2 amide bonds. The van der Waals surface area contributed by atoms with Crippen molar-refractivity contribution in [1.82, 2.24) is 14.8 Å². The van der Waals surface area contributed by atoms with Crippen LogP contribution in [-0.2, 0) is 22.7 Å². The Balaban J connectivity index is 1.31. The number of para-hydroxylation sites is 1. The number of benzene rings is 1. The number of carbonyl (C=O) groups is 2. The Bertz CT molecular complexity index is 1240. The van der Waals surface area contributed by atoms with E-state index in [4.69, 9.17) is 12.2 Å². The summed E-state index contributed by atoms with van der Waals surface area (Å²) >= 11 is 8.55. The van der Waals surface area contributed by atoms with Crippen molar-refractivity contribution in [2.75, 3.05) is 6.54 Å². The lowest BCUT2D eigenvalue weighted by molar-refractivity contribution is -0.122. The summed E-state index contributed by atoms with van der Waals surface area (Å²) in [4.78, 5) is 29.3. The maximum absolute atomic E-state index is 13.1. The molecule has 176 valence electrons. The van der Waals surface area contributed by atoms with Gasteiger partial charge in [0.2, 0.25) is 5.91 Å². The van der Waals surface area contributed by atoms with Crippen LogP contribution in [0.2, 0.25) is 0 Å². The molecule has 5 rings (SSSR count). The van der Waals surface area contributed by atoms with Crippen molar-refractivity contribution < 1.29 is 9.59 Å². The van der Waals surface area contributed by atoms with Crippen LogP contribution < -0.4 is 5.32 Å². The molecule has 1 aliphatic carbocycles. The minimum atomic E-state index is -0.0426. The molecule has 34 heavy (non-hydrogen) atoms. The van der Waals surface area contributed by atoms with Gasteiger partial charge in [0.05, 0.1) is 11.4 Å². The topological polar surface area (TPSA) is 54.3 Å². The van der Waals surface area contributed by atoms with Gasteiger partial charge in [-0.05, 0) is 35.9 Å². The Labute approximate surface area is 213 Å². The molecule has 8 heteroatoms. The van der Waals surface area contributed by atoms with E-state index < -0.39 is 0 Å². The summed E-state index contributed by atoms with van der Waals surface area (Å²) in [7, 11) is 0. The van der Waals surface area contributed by atoms with Gasteiger partial charge in [0.25, 0.3) is 5.91 Å². The maximum atomic E-state index is 13.1. The van der Waals surface area contributed by atoms with E-state index in [1.807, 2.05) is 58.6 Å². The van der Waals surface area contributed by atoms with Crippen molar-refractivity contribution in [2.45, 2.75) is 45.2 Å². The molecule has 0 radical (unpaired) electrons. The molecule has 2 fully saturated rings. The number of thiophene rings is 1. The molecule has 1 N–H and O–H groups in total. The molecule has 1 saturated heterocycles. The van der Waals surface area contributed by atoms with Crippen molar-refractivity contribution in [1.29, 1.82) is 0 Å².